The lowest BCUT2D eigenvalue weighted by atomic mass is 10.1. The quantitative estimate of drug-likeness (QED) is 0.384. The molecule has 0 N–H and O–H groups in total. The molecule has 0 spiro atoms. The van der Waals surface area contributed by atoms with Gasteiger partial charge in [-0.2, -0.15) is 5.06 Å². The molecule has 2 bridgehead atoms. The van der Waals surface area contributed by atoms with Crippen LogP contribution in [0.4, 0.5) is 0 Å². The van der Waals surface area contributed by atoms with E-state index in [1.807, 2.05) is 0 Å². The van der Waals surface area contributed by atoms with E-state index in [1.54, 1.807) is 5.06 Å². The van der Waals surface area contributed by atoms with Gasteiger partial charge in [0.15, 0.2) is 5.78 Å². The van der Waals surface area contributed by atoms with Gasteiger partial charge < -0.3 is 0 Å². The molecule has 0 aromatic carbocycles. The van der Waals surface area contributed by atoms with Crippen LogP contribution in [0.15, 0.2) is 0 Å². The molecule has 0 saturated carbocycles. The van der Waals surface area contributed by atoms with Gasteiger partial charge in [-0.1, -0.05) is 0 Å². The first-order valence-electron chi connectivity index (χ1n) is 3.37. The molecule has 4 heteroatoms. The third-order valence-corrected chi connectivity index (χ3v) is 2.32. The number of Topliss-reactive ketones (excluding diaryl/α,β-unsaturated/α-hetero) is 1. The average Bonchev–Trinajstić information content (AvgIpc) is 2.21. The van der Waals surface area contributed by atoms with E-state index in [1.165, 1.54) is 0 Å². The number of hydrogen-bond donors (Lipinski definition) is 0. The van der Waals surface area contributed by atoms with Crippen molar-refractivity contribution < 1.29 is 9.63 Å². The molecule has 0 aromatic heterocycles. The Morgan fingerprint density at radius 3 is 3.20 bits per heavy atom. The summed E-state index contributed by atoms with van der Waals surface area (Å²) in [7, 11) is 0. The van der Waals surface area contributed by atoms with E-state index in [2.05, 4.69) is 0 Å². The van der Waals surface area contributed by atoms with Crippen molar-refractivity contribution in [2.75, 3.05) is 6.54 Å². The van der Waals surface area contributed by atoms with Crippen LogP contribution in [0.2, 0.25) is 0 Å². The number of carbonyl (C=O) groups excluding carboxylic acids is 1. The fourth-order valence-corrected chi connectivity index (χ4v) is 1.64. The van der Waals surface area contributed by atoms with Crippen LogP contribution in [-0.2, 0) is 9.63 Å². The molecular weight excluding hydrogens is 154 g/mol. The molecule has 2 saturated heterocycles. The Morgan fingerprint density at radius 2 is 2.50 bits per heavy atom. The number of halogens is 1. The van der Waals surface area contributed by atoms with E-state index < -0.39 is 0 Å². The summed E-state index contributed by atoms with van der Waals surface area (Å²) in [6.45, 7) is 0.656. The third kappa shape index (κ3) is 0.856. The SMILES string of the molecule is O=C1CCN2O[C@@H]1C[C@@H]2Cl. The minimum atomic E-state index is -0.240. The van der Waals surface area contributed by atoms with E-state index in [-0.39, 0.29) is 17.4 Å². The Labute approximate surface area is 63.8 Å². The van der Waals surface area contributed by atoms with Gasteiger partial charge in [0, 0.05) is 19.4 Å². The lowest BCUT2D eigenvalue weighted by molar-refractivity contribution is -0.182. The van der Waals surface area contributed by atoms with Crippen LogP contribution in [0.1, 0.15) is 12.8 Å². The third-order valence-electron chi connectivity index (χ3n) is 1.92. The van der Waals surface area contributed by atoms with Crippen molar-refractivity contribution in [1.82, 2.24) is 5.06 Å². The highest BCUT2D eigenvalue weighted by Crippen LogP contribution is 2.28. The number of ketones is 1. The second-order valence-corrected chi connectivity index (χ2v) is 3.13. The number of hydroxylamine groups is 2. The summed E-state index contributed by atoms with van der Waals surface area (Å²) in [4.78, 5) is 16.2. The van der Waals surface area contributed by atoms with Gasteiger partial charge in [0.05, 0.1) is 0 Å². The first-order chi connectivity index (χ1) is 4.77. The van der Waals surface area contributed by atoms with Crippen molar-refractivity contribution in [1.29, 1.82) is 0 Å². The number of hydrogen-bond acceptors (Lipinski definition) is 3. The second-order valence-electron chi connectivity index (χ2n) is 2.62. The van der Waals surface area contributed by atoms with Crippen LogP contribution in [0, 0.1) is 0 Å². The lowest BCUT2D eigenvalue weighted by Crippen LogP contribution is -2.34. The second kappa shape index (κ2) is 2.19. The van der Waals surface area contributed by atoms with Gasteiger partial charge in [0.1, 0.15) is 11.6 Å². The predicted octanol–water partition coefficient (Wildman–Crippen LogP) is 0.530. The van der Waals surface area contributed by atoms with Crippen molar-refractivity contribution in [3.05, 3.63) is 0 Å². The molecular formula is C6H8ClNO2. The van der Waals surface area contributed by atoms with Gasteiger partial charge in [0.25, 0.3) is 0 Å². The number of nitrogens with zero attached hydrogens (tertiary/aromatic N) is 1. The molecule has 3 atom stereocenters. The standard InChI is InChI=1S/C6H8ClNO2/c7-6-3-5-4(9)1-2-8(6)10-5/h5-6H,1-3H2/t5-,6-/m1/s1. The molecule has 0 aromatic rings. The number of fused-ring (bicyclic) bond motifs is 2. The molecule has 0 radical (unpaired) electrons. The highest BCUT2D eigenvalue weighted by molar-refractivity contribution is 6.20. The van der Waals surface area contributed by atoms with Gasteiger partial charge in [-0.15, -0.1) is 11.6 Å². The minimum Gasteiger partial charge on any atom is -0.297 e. The largest absolute Gasteiger partial charge is 0.297 e. The maximum atomic E-state index is 11.0. The first kappa shape index (κ1) is 6.58. The van der Waals surface area contributed by atoms with Crippen molar-refractivity contribution in [3.63, 3.8) is 0 Å². The molecule has 0 aliphatic carbocycles. The molecule has 2 aliphatic rings. The van der Waals surface area contributed by atoms with Gasteiger partial charge in [0.2, 0.25) is 0 Å². The molecule has 2 heterocycles. The van der Waals surface area contributed by atoms with Crippen molar-refractivity contribution >= 4 is 17.4 Å². The van der Waals surface area contributed by atoms with Crippen LogP contribution in [0.5, 0.6) is 0 Å². The van der Waals surface area contributed by atoms with Crippen LogP contribution < -0.4 is 0 Å². The zero-order valence-corrected chi connectivity index (χ0v) is 6.17. The zero-order valence-electron chi connectivity index (χ0n) is 5.42. The van der Waals surface area contributed by atoms with Crippen LogP contribution >= 0.6 is 11.6 Å². The summed E-state index contributed by atoms with van der Waals surface area (Å²) < 4.78 is 0. The summed E-state index contributed by atoms with van der Waals surface area (Å²) in [5.74, 6) is 0.194. The Morgan fingerprint density at radius 1 is 1.70 bits per heavy atom. The van der Waals surface area contributed by atoms with Crippen LogP contribution in [0.25, 0.3) is 0 Å². The number of rotatable bonds is 0. The summed E-state index contributed by atoms with van der Waals surface area (Å²) in [6, 6.07) is 0. The molecule has 2 aliphatic heterocycles. The van der Waals surface area contributed by atoms with Crippen LogP contribution in [0.3, 0.4) is 0 Å². The minimum absolute atomic E-state index is 0.0866. The Bertz CT molecular complexity index is 171. The van der Waals surface area contributed by atoms with E-state index in [0.717, 1.165) is 0 Å². The number of carbonyl (C=O) groups is 1. The normalized spacial score (nSPS) is 46.1. The molecule has 2 fully saturated rings. The van der Waals surface area contributed by atoms with E-state index >= 15 is 0 Å². The van der Waals surface area contributed by atoms with Crippen molar-refractivity contribution in [3.8, 4) is 0 Å². The highest BCUT2D eigenvalue weighted by atomic mass is 35.5. The van der Waals surface area contributed by atoms with Gasteiger partial charge in [-0.3, -0.25) is 9.63 Å². The Hall–Kier alpha value is -0.120. The molecule has 10 heavy (non-hydrogen) atoms. The van der Waals surface area contributed by atoms with Crippen molar-refractivity contribution in [2.45, 2.75) is 24.4 Å². The highest BCUT2D eigenvalue weighted by Gasteiger charge is 2.40. The van der Waals surface area contributed by atoms with Gasteiger partial charge in [-0.25, -0.2) is 0 Å². The molecule has 3 nitrogen and oxygen atoms in total. The lowest BCUT2D eigenvalue weighted by Gasteiger charge is -2.21. The van der Waals surface area contributed by atoms with E-state index in [9.17, 15) is 4.79 Å². The molecule has 1 unspecified atom stereocenters. The molecule has 2 rings (SSSR count). The summed E-state index contributed by atoms with van der Waals surface area (Å²) in [5.41, 5.74) is -0.0866. The van der Waals surface area contributed by atoms with Crippen LogP contribution in [-0.4, -0.2) is 29.0 Å². The molecule has 0 amide bonds. The summed E-state index contributed by atoms with van der Waals surface area (Å²) in [6.07, 6.45) is 1.00. The first-order valence-corrected chi connectivity index (χ1v) is 3.81. The molecule has 56 valence electrons. The topological polar surface area (TPSA) is 29.5 Å². The summed E-state index contributed by atoms with van der Waals surface area (Å²) in [5, 5.41) is 1.69. The predicted molar refractivity (Wildman–Crippen MR) is 35.5 cm³/mol. The zero-order chi connectivity index (χ0) is 7.14. The smallest absolute Gasteiger partial charge is 0.165 e. The summed E-state index contributed by atoms with van der Waals surface area (Å²) >= 11 is 5.83. The Balaban J connectivity index is 2.15. The van der Waals surface area contributed by atoms with Crippen molar-refractivity contribution in [2.24, 2.45) is 0 Å². The maximum Gasteiger partial charge on any atom is 0.165 e. The maximum absolute atomic E-state index is 11.0. The fraction of sp³-hybridized carbons (Fsp3) is 0.833. The number of alkyl halides is 1. The van der Waals surface area contributed by atoms with Gasteiger partial charge in [-0.05, 0) is 0 Å². The Kier molecular flexibility index (Phi) is 1.44. The van der Waals surface area contributed by atoms with Gasteiger partial charge >= 0.3 is 0 Å². The average molecular weight is 162 g/mol. The van der Waals surface area contributed by atoms with E-state index in [0.29, 0.717) is 19.4 Å². The van der Waals surface area contributed by atoms with E-state index in [4.69, 9.17) is 16.4 Å². The fourth-order valence-electron chi connectivity index (χ4n) is 1.33. The monoisotopic (exact) mass is 161 g/mol.